The van der Waals surface area contributed by atoms with Crippen molar-refractivity contribution in [1.29, 1.82) is 0 Å². The number of fused-ring (bicyclic) bond motifs is 1. The summed E-state index contributed by atoms with van der Waals surface area (Å²) in [6.45, 7) is 3.13. The first-order chi connectivity index (χ1) is 18.1. The average molecular weight is 501 g/mol. The van der Waals surface area contributed by atoms with Gasteiger partial charge in [0.15, 0.2) is 0 Å². The number of rotatable bonds is 9. The number of benzene rings is 2. The number of hydrogen-bond acceptors (Lipinski definition) is 6. The SMILES string of the molecule is NCCCCOc1ccc(-c2cn3cc(-c4ccc(C(=O)NC5CCNCC5)cc4)[nH]c3nc2=O)cc1. The molecule has 2 aromatic carbocycles. The topological polar surface area (TPSA) is 127 Å². The van der Waals surface area contributed by atoms with E-state index >= 15 is 0 Å². The zero-order valence-electron chi connectivity index (χ0n) is 20.7. The molecule has 9 nitrogen and oxygen atoms in total. The molecule has 0 atom stereocenters. The fourth-order valence-electron chi connectivity index (χ4n) is 4.50. The van der Waals surface area contributed by atoms with E-state index in [2.05, 4.69) is 20.6 Å². The number of aromatic amines is 1. The number of amides is 1. The monoisotopic (exact) mass is 500 g/mol. The number of nitrogens with one attached hydrogen (secondary N) is 3. The molecule has 3 heterocycles. The van der Waals surface area contributed by atoms with Gasteiger partial charge < -0.3 is 26.1 Å². The summed E-state index contributed by atoms with van der Waals surface area (Å²) in [5, 5.41) is 6.42. The number of carbonyl (C=O) groups excluding carboxylic acids is 1. The average Bonchev–Trinajstić information content (AvgIpc) is 3.34. The molecule has 0 unspecified atom stereocenters. The third-order valence-electron chi connectivity index (χ3n) is 6.63. The number of nitrogens with two attached hydrogens (primary N) is 1. The predicted octanol–water partition coefficient (Wildman–Crippen LogP) is 2.96. The van der Waals surface area contributed by atoms with Crippen LogP contribution in [0.4, 0.5) is 0 Å². The zero-order chi connectivity index (χ0) is 25.6. The lowest BCUT2D eigenvalue weighted by atomic mass is 10.1. The molecule has 1 aliphatic heterocycles. The molecule has 9 heteroatoms. The number of carbonyl (C=O) groups is 1. The van der Waals surface area contributed by atoms with Crippen molar-refractivity contribution >= 4 is 11.7 Å². The Balaban J connectivity index is 1.30. The largest absolute Gasteiger partial charge is 0.494 e. The Hall–Kier alpha value is -3.95. The summed E-state index contributed by atoms with van der Waals surface area (Å²) in [5.74, 6) is 1.15. The number of nitrogens with zero attached hydrogens (tertiary/aromatic N) is 2. The van der Waals surface area contributed by atoms with Gasteiger partial charge in [0.1, 0.15) is 5.75 Å². The van der Waals surface area contributed by atoms with E-state index in [0.29, 0.717) is 30.1 Å². The van der Waals surface area contributed by atoms with Crippen LogP contribution in [0, 0.1) is 0 Å². The molecular weight excluding hydrogens is 468 g/mol. The highest BCUT2D eigenvalue weighted by Gasteiger charge is 2.17. The molecule has 0 radical (unpaired) electrons. The molecule has 5 rings (SSSR count). The number of unbranched alkanes of at least 4 members (excludes halogenated alkanes) is 1. The minimum Gasteiger partial charge on any atom is -0.494 e. The molecule has 192 valence electrons. The van der Waals surface area contributed by atoms with Gasteiger partial charge in [-0.05, 0) is 80.7 Å². The summed E-state index contributed by atoms with van der Waals surface area (Å²) in [6.07, 6.45) is 7.40. The van der Waals surface area contributed by atoms with Crippen molar-refractivity contribution in [1.82, 2.24) is 25.0 Å². The molecule has 0 saturated carbocycles. The Labute approximate surface area is 215 Å². The number of H-pyrrole nitrogens is 1. The van der Waals surface area contributed by atoms with Gasteiger partial charge in [-0.3, -0.25) is 14.0 Å². The minimum absolute atomic E-state index is 0.0567. The fourth-order valence-corrected chi connectivity index (χ4v) is 4.50. The molecule has 0 spiro atoms. The van der Waals surface area contributed by atoms with Gasteiger partial charge in [-0.15, -0.1) is 0 Å². The first-order valence-corrected chi connectivity index (χ1v) is 12.8. The molecule has 2 aromatic heterocycles. The number of imidazole rings is 1. The van der Waals surface area contributed by atoms with Crippen LogP contribution in [0.3, 0.4) is 0 Å². The standard InChI is InChI=1S/C28H32N6O3/c29-13-1-2-16-37-23-9-7-19(8-10-23)24-17-34-18-25(32-28(34)33-27(24)36)20-3-5-21(6-4-20)26(35)31-22-11-14-30-15-12-22/h3-10,17-18,22,30H,1-2,11-16,29H2,(H,31,35)(H,32,33,36). The van der Waals surface area contributed by atoms with Crippen LogP contribution in [0.1, 0.15) is 36.0 Å². The van der Waals surface area contributed by atoms with Crippen LogP contribution in [0.15, 0.2) is 65.7 Å². The second-order valence-corrected chi connectivity index (χ2v) is 9.30. The highest BCUT2D eigenvalue weighted by molar-refractivity contribution is 5.94. The van der Waals surface area contributed by atoms with Crippen molar-refractivity contribution < 1.29 is 9.53 Å². The molecule has 4 aromatic rings. The molecule has 1 saturated heterocycles. The van der Waals surface area contributed by atoms with Gasteiger partial charge in [0, 0.05) is 24.0 Å². The van der Waals surface area contributed by atoms with Crippen molar-refractivity contribution in [3.63, 3.8) is 0 Å². The third-order valence-corrected chi connectivity index (χ3v) is 6.63. The van der Waals surface area contributed by atoms with E-state index < -0.39 is 0 Å². The fraction of sp³-hybridized carbons (Fsp3) is 0.321. The van der Waals surface area contributed by atoms with Crippen molar-refractivity contribution in [3.8, 4) is 28.1 Å². The Morgan fingerprint density at radius 3 is 2.49 bits per heavy atom. The van der Waals surface area contributed by atoms with Crippen LogP contribution < -0.4 is 26.7 Å². The predicted molar refractivity (Wildman–Crippen MR) is 144 cm³/mol. The van der Waals surface area contributed by atoms with Crippen molar-refractivity contribution in [2.45, 2.75) is 31.7 Å². The lowest BCUT2D eigenvalue weighted by Gasteiger charge is -2.23. The number of ether oxygens (including phenoxy) is 1. The van der Waals surface area contributed by atoms with E-state index in [-0.39, 0.29) is 17.5 Å². The van der Waals surface area contributed by atoms with E-state index in [4.69, 9.17) is 10.5 Å². The molecule has 1 aliphatic rings. The second-order valence-electron chi connectivity index (χ2n) is 9.30. The Morgan fingerprint density at radius 2 is 1.76 bits per heavy atom. The molecular formula is C28H32N6O3. The van der Waals surface area contributed by atoms with E-state index in [1.807, 2.05) is 54.7 Å². The van der Waals surface area contributed by atoms with Crippen molar-refractivity contribution in [3.05, 3.63) is 76.8 Å². The number of piperidine rings is 1. The van der Waals surface area contributed by atoms with Gasteiger partial charge in [0.25, 0.3) is 11.5 Å². The molecule has 1 fully saturated rings. The summed E-state index contributed by atoms with van der Waals surface area (Å²) in [4.78, 5) is 32.8. The number of aromatic nitrogens is 3. The molecule has 0 aliphatic carbocycles. The summed E-state index contributed by atoms with van der Waals surface area (Å²) in [7, 11) is 0. The van der Waals surface area contributed by atoms with Crippen LogP contribution in [0.5, 0.6) is 5.75 Å². The maximum atomic E-state index is 12.8. The number of hydrogen-bond donors (Lipinski definition) is 4. The van der Waals surface area contributed by atoms with Gasteiger partial charge in [-0.2, -0.15) is 4.98 Å². The molecule has 0 bridgehead atoms. The Morgan fingerprint density at radius 1 is 1.03 bits per heavy atom. The van der Waals surface area contributed by atoms with Gasteiger partial charge in [-0.1, -0.05) is 24.3 Å². The van der Waals surface area contributed by atoms with Crippen LogP contribution in [0.25, 0.3) is 28.2 Å². The quantitative estimate of drug-likeness (QED) is 0.262. The molecule has 5 N–H and O–H groups in total. The molecule has 1 amide bonds. The normalized spacial score (nSPS) is 14.1. The van der Waals surface area contributed by atoms with E-state index in [9.17, 15) is 9.59 Å². The lowest BCUT2D eigenvalue weighted by molar-refractivity contribution is 0.0929. The van der Waals surface area contributed by atoms with Crippen LogP contribution in [0.2, 0.25) is 0 Å². The van der Waals surface area contributed by atoms with Crippen molar-refractivity contribution in [2.24, 2.45) is 5.73 Å². The maximum absolute atomic E-state index is 12.8. The second kappa shape index (κ2) is 11.4. The van der Waals surface area contributed by atoms with Crippen LogP contribution in [-0.2, 0) is 0 Å². The summed E-state index contributed by atoms with van der Waals surface area (Å²) in [6, 6.07) is 15.1. The Kier molecular flexibility index (Phi) is 7.62. The van der Waals surface area contributed by atoms with Gasteiger partial charge in [0.2, 0.25) is 5.78 Å². The summed E-state index contributed by atoms with van der Waals surface area (Å²) >= 11 is 0. The molecule has 37 heavy (non-hydrogen) atoms. The first kappa shape index (κ1) is 24.7. The summed E-state index contributed by atoms with van der Waals surface area (Å²) < 4.78 is 7.53. The Bertz CT molecular complexity index is 1400. The van der Waals surface area contributed by atoms with E-state index in [0.717, 1.165) is 61.3 Å². The minimum atomic E-state index is -0.310. The highest BCUT2D eigenvalue weighted by atomic mass is 16.5. The zero-order valence-corrected chi connectivity index (χ0v) is 20.7. The van der Waals surface area contributed by atoms with E-state index in [1.54, 1.807) is 10.6 Å². The first-order valence-electron chi connectivity index (χ1n) is 12.8. The van der Waals surface area contributed by atoms with Crippen LogP contribution in [-0.4, -0.2) is 52.6 Å². The van der Waals surface area contributed by atoms with Crippen molar-refractivity contribution in [2.75, 3.05) is 26.2 Å². The van der Waals surface area contributed by atoms with Gasteiger partial charge in [0.05, 0.1) is 17.9 Å². The summed E-state index contributed by atoms with van der Waals surface area (Å²) in [5.41, 5.74) is 8.80. The smallest absolute Gasteiger partial charge is 0.282 e. The maximum Gasteiger partial charge on any atom is 0.282 e. The third kappa shape index (κ3) is 5.90. The van der Waals surface area contributed by atoms with E-state index in [1.165, 1.54) is 0 Å². The highest BCUT2D eigenvalue weighted by Crippen LogP contribution is 2.23. The van der Waals surface area contributed by atoms with Crippen LogP contribution >= 0.6 is 0 Å². The van der Waals surface area contributed by atoms with Gasteiger partial charge in [-0.25, -0.2) is 0 Å². The van der Waals surface area contributed by atoms with Gasteiger partial charge >= 0.3 is 0 Å². The lowest BCUT2D eigenvalue weighted by Crippen LogP contribution is -2.42.